The lowest BCUT2D eigenvalue weighted by atomic mass is 10.2. The topological polar surface area (TPSA) is 0 Å². The van der Waals surface area contributed by atoms with Crippen LogP contribution in [0.4, 0.5) is 0 Å². The summed E-state index contributed by atoms with van der Waals surface area (Å²) in [5, 5.41) is 0.431. The summed E-state index contributed by atoms with van der Waals surface area (Å²) in [5.41, 5.74) is 1.16. The van der Waals surface area contributed by atoms with Crippen molar-refractivity contribution in [3.8, 4) is 0 Å². The lowest BCUT2D eigenvalue weighted by Crippen LogP contribution is -1.77. The molecule has 0 saturated heterocycles. The van der Waals surface area contributed by atoms with Gasteiger partial charge in [0.15, 0.2) is 0 Å². The molecule has 0 fully saturated rings. The van der Waals surface area contributed by atoms with Gasteiger partial charge in [0.25, 0.3) is 0 Å². The van der Waals surface area contributed by atoms with Crippen molar-refractivity contribution in [3.63, 3.8) is 0 Å². The Morgan fingerprint density at radius 1 is 1.33 bits per heavy atom. The van der Waals surface area contributed by atoms with Gasteiger partial charge >= 0.3 is 0 Å². The summed E-state index contributed by atoms with van der Waals surface area (Å²) in [6, 6.07) is 0.0561. The molecule has 48 valence electrons. The fourth-order valence-corrected chi connectivity index (χ4v) is 0.704. The van der Waals surface area contributed by atoms with E-state index in [2.05, 4.69) is 0 Å². The molecule has 0 spiro atoms. The maximum absolute atomic E-state index is 7.43. The second-order valence-electron chi connectivity index (χ2n) is 1.94. The fraction of sp³-hybridized carbons (Fsp3) is 0.250. The van der Waals surface area contributed by atoms with Crippen LogP contribution < -0.4 is 0 Å². The number of hydrogen-bond acceptors (Lipinski definition) is 0. The fourth-order valence-electron chi connectivity index (χ4n) is 0.610. The first-order valence-corrected chi connectivity index (χ1v) is 3.07. The van der Waals surface area contributed by atoms with E-state index in [1.54, 1.807) is 13.8 Å². The third-order valence-corrected chi connectivity index (χ3v) is 1.73. The third-order valence-electron chi connectivity index (χ3n) is 1.16. The Hall–Kier alpha value is -0.490. The largest absolute Gasteiger partial charge is 0.0838 e. The molecule has 0 heterocycles. The van der Waals surface area contributed by atoms with E-state index in [-0.39, 0.29) is 18.1 Å². The summed E-state index contributed by atoms with van der Waals surface area (Å²) in [6.07, 6.45) is 0. The molecule has 0 aliphatic carbocycles. The van der Waals surface area contributed by atoms with Crippen molar-refractivity contribution in [2.75, 3.05) is 0 Å². The lowest BCUT2D eigenvalue weighted by molar-refractivity contribution is 1.39. The molecule has 0 aliphatic rings. The molecule has 1 aromatic rings. The van der Waals surface area contributed by atoms with Gasteiger partial charge in [-0.1, -0.05) is 29.7 Å². The molecule has 1 aromatic carbocycles. The van der Waals surface area contributed by atoms with Crippen molar-refractivity contribution in [1.29, 1.82) is 0 Å². The Labute approximate surface area is 64.7 Å². The maximum Gasteiger partial charge on any atom is 0.0626 e. The molecule has 1 heteroatoms. The van der Waals surface area contributed by atoms with E-state index in [0.717, 1.165) is 0 Å². The second kappa shape index (κ2) is 2.40. The van der Waals surface area contributed by atoms with Crippen LogP contribution in [0.15, 0.2) is 18.1 Å². The van der Waals surface area contributed by atoms with E-state index in [1.807, 2.05) is 0 Å². The van der Waals surface area contributed by atoms with Crippen LogP contribution in [0.5, 0.6) is 0 Å². The number of halogens is 1. The van der Waals surface area contributed by atoms with Gasteiger partial charge in [-0.2, -0.15) is 0 Å². The van der Waals surface area contributed by atoms with Gasteiger partial charge < -0.3 is 0 Å². The Kier molecular flexibility index (Phi) is 0.967. The van der Waals surface area contributed by atoms with Gasteiger partial charge in [0.05, 0.1) is 4.11 Å². The maximum atomic E-state index is 7.43. The molecule has 9 heavy (non-hydrogen) atoms. The van der Waals surface area contributed by atoms with Crippen molar-refractivity contribution in [3.05, 3.63) is 34.3 Å². The van der Waals surface area contributed by atoms with Crippen LogP contribution in [0.2, 0.25) is 5.02 Å². The number of rotatable bonds is 0. The Morgan fingerprint density at radius 2 is 1.78 bits per heavy atom. The molecular weight excluding hydrogens is 132 g/mol. The molecule has 0 aromatic heterocycles. The smallest absolute Gasteiger partial charge is 0.0626 e. The quantitative estimate of drug-likeness (QED) is 0.524. The Balaban J connectivity index is 3.60. The zero-order valence-corrected chi connectivity index (χ0v) is 6.13. The average Bonchev–Trinajstić information content (AvgIpc) is 2.08. The average molecular weight is 144 g/mol. The van der Waals surface area contributed by atoms with Crippen molar-refractivity contribution in [2.24, 2.45) is 0 Å². The van der Waals surface area contributed by atoms with Gasteiger partial charge in [0.2, 0.25) is 0 Å². The van der Waals surface area contributed by atoms with Crippen molar-refractivity contribution < 1.29 is 4.11 Å². The normalized spacial score (nSPS) is 14.3. The van der Waals surface area contributed by atoms with Gasteiger partial charge in [0, 0.05) is 5.02 Å². The molecule has 0 N–H and O–H groups in total. The molecule has 1 rings (SSSR count). The van der Waals surface area contributed by atoms with Gasteiger partial charge in [-0.15, -0.1) is 0 Å². The molecule has 0 aliphatic heterocycles. The minimum absolute atomic E-state index is 0.0469. The molecule has 0 amide bonds. The predicted octanol–water partition coefficient (Wildman–Crippen LogP) is 2.96. The molecule has 0 bridgehead atoms. The van der Waals surface area contributed by atoms with Crippen LogP contribution >= 0.6 is 11.6 Å². The first-order chi connectivity index (χ1) is 5.46. The zero-order chi connectivity index (χ0) is 9.46. The first-order valence-electron chi connectivity index (χ1n) is 4.19. The van der Waals surface area contributed by atoms with Gasteiger partial charge in [0.1, 0.15) is 0 Å². The molecule has 0 saturated carbocycles. The minimum Gasteiger partial charge on any atom is -0.0838 e. The summed E-state index contributed by atoms with van der Waals surface area (Å²) in [7, 11) is 0. The van der Waals surface area contributed by atoms with Crippen LogP contribution in [0.1, 0.15) is 15.2 Å². The first kappa shape index (κ1) is 3.62. The number of hydrogen-bond donors (Lipinski definition) is 0. The van der Waals surface area contributed by atoms with E-state index in [9.17, 15) is 0 Å². The molecule has 0 atom stereocenters. The van der Waals surface area contributed by atoms with E-state index in [4.69, 9.17) is 15.7 Å². The Bertz CT molecular complexity index is 229. The SMILES string of the molecule is [2H]c1c([2H])c(C)c(Cl)c(C)c1[2H]. The second-order valence-corrected chi connectivity index (χ2v) is 2.32. The molecular formula is C8H9Cl. The molecule has 0 radical (unpaired) electrons. The summed E-state index contributed by atoms with van der Waals surface area (Å²) in [4.78, 5) is 0. The van der Waals surface area contributed by atoms with E-state index < -0.39 is 0 Å². The van der Waals surface area contributed by atoms with Crippen LogP contribution in [-0.2, 0) is 0 Å². The summed E-state index contributed by atoms with van der Waals surface area (Å²) in [6.45, 7) is 3.38. The monoisotopic (exact) mass is 143 g/mol. The Morgan fingerprint density at radius 3 is 2.22 bits per heavy atom. The lowest BCUT2D eigenvalue weighted by Gasteiger charge is -1.98. The highest BCUT2D eigenvalue weighted by atomic mass is 35.5. The van der Waals surface area contributed by atoms with Crippen molar-refractivity contribution in [2.45, 2.75) is 13.8 Å². The zero-order valence-electron chi connectivity index (χ0n) is 8.38. The standard InChI is InChI=1S/C8H9Cl/c1-6-4-3-5-7(2)8(6)9/h3-5H,1-2H3/i3D,4D,5D. The van der Waals surface area contributed by atoms with Gasteiger partial charge in [-0.05, 0) is 25.0 Å². The summed E-state index contributed by atoms with van der Waals surface area (Å²) >= 11 is 5.84. The van der Waals surface area contributed by atoms with E-state index >= 15 is 0 Å². The minimum atomic E-state index is -0.0469. The summed E-state index contributed by atoms with van der Waals surface area (Å²) in [5.74, 6) is 0. The van der Waals surface area contributed by atoms with Gasteiger partial charge in [-0.25, -0.2) is 0 Å². The van der Waals surface area contributed by atoms with E-state index in [1.165, 1.54) is 0 Å². The van der Waals surface area contributed by atoms with Crippen molar-refractivity contribution >= 4 is 11.6 Å². The van der Waals surface area contributed by atoms with Crippen LogP contribution in [0.25, 0.3) is 0 Å². The van der Waals surface area contributed by atoms with E-state index in [0.29, 0.717) is 16.1 Å². The third kappa shape index (κ3) is 1.25. The highest BCUT2D eigenvalue weighted by molar-refractivity contribution is 6.32. The van der Waals surface area contributed by atoms with Crippen LogP contribution in [-0.4, -0.2) is 0 Å². The predicted molar refractivity (Wildman–Crippen MR) is 40.9 cm³/mol. The summed E-state index contributed by atoms with van der Waals surface area (Å²) < 4.78 is 22.2. The molecule has 0 unspecified atom stereocenters. The highest BCUT2D eigenvalue weighted by Gasteiger charge is 1.94. The molecule has 0 nitrogen and oxygen atoms in total. The van der Waals surface area contributed by atoms with Crippen molar-refractivity contribution in [1.82, 2.24) is 0 Å². The van der Waals surface area contributed by atoms with Crippen LogP contribution in [0, 0.1) is 13.8 Å². The highest BCUT2D eigenvalue weighted by Crippen LogP contribution is 2.18. The van der Waals surface area contributed by atoms with Gasteiger partial charge in [-0.3, -0.25) is 0 Å². The van der Waals surface area contributed by atoms with Crippen LogP contribution in [0.3, 0.4) is 0 Å². The number of benzene rings is 1.